The van der Waals surface area contributed by atoms with Gasteiger partial charge in [-0.15, -0.1) is 0 Å². The van der Waals surface area contributed by atoms with Crippen molar-refractivity contribution in [2.24, 2.45) is 18.7 Å². The molecular formula is C53H58ClF3N8O6. The number of aromatic nitrogens is 2. The first-order valence-corrected chi connectivity index (χ1v) is 25.1. The second kappa shape index (κ2) is 19.8. The number of halogens is 4. The molecule has 71 heavy (non-hydrogen) atoms. The molecule has 14 nitrogen and oxygen atoms in total. The van der Waals surface area contributed by atoms with Crippen molar-refractivity contribution in [3.8, 4) is 22.6 Å². The number of imide groups is 1. The Labute approximate surface area is 414 Å². The third-order valence-electron chi connectivity index (χ3n) is 15.8. The lowest BCUT2D eigenvalue weighted by Crippen LogP contribution is -2.49. The summed E-state index contributed by atoms with van der Waals surface area (Å²) in [6, 6.07) is 19.4. The van der Waals surface area contributed by atoms with E-state index in [0.717, 1.165) is 87.6 Å². The number of urea groups is 1. The maximum absolute atomic E-state index is 16.4. The van der Waals surface area contributed by atoms with E-state index in [1.807, 2.05) is 50.4 Å². The zero-order valence-electron chi connectivity index (χ0n) is 39.8. The number of rotatable bonds is 13. The van der Waals surface area contributed by atoms with Crippen LogP contribution in [-0.4, -0.2) is 108 Å². The van der Waals surface area contributed by atoms with Crippen molar-refractivity contribution in [2.75, 3.05) is 57.4 Å². The van der Waals surface area contributed by atoms with Gasteiger partial charge in [0, 0.05) is 91.7 Å². The minimum Gasteiger partial charge on any atom is -0.488 e. The van der Waals surface area contributed by atoms with Gasteiger partial charge in [-0.2, -0.15) is 5.10 Å². The number of carbonyl (C=O) groups is 4. The molecule has 10 rings (SSSR count). The molecule has 3 unspecified atom stereocenters. The molecule has 0 radical (unpaired) electrons. The molecule has 5 heterocycles. The van der Waals surface area contributed by atoms with Gasteiger partial charge < -0.3 is 25.4 Å². The number of likely N-dealkylation sites (tertiary alicyclic amines) is 2. The predicted octanol–water partition coefficient (Wildman–Crippen LogP) is 8.09. The summed E-state index contributed by atoms with van der Waals surface area (Å²) in [6.45, 7) is 4.51. The molecule has 0 spiro atoms. The Morgan fingerprint density at radius 2 is 1.72 bits per heavy atom. The van der Waals surface area contributed by atoms with Gasteiger partial charge in [-0.05, 0) is 99.3 Å². The summed E-state index contributed by atoms with van der Waals surface area (Å²) < 4.78 is 59.3. The standard InChI is InChI=1S/C53H58ClF3N8O6/c1-30-44-42(27-39(56)47(54)46(44)45-38(49(58)67)14-15-41(48(45)57)70-25-20-55)71-53(30,34-6-4-3-5-7-34)29-59-35-11-8-32(9-12-35)51(68)64-23-18-36(28-64)63-21-16-31(17-22-63)33-10-13-37-40(26-33)62(2)61-50(37)65-24-19-43(66)60-52(65)69/h3-7,10,13-15,26-27,30-32,35-36,59H,8-9,11-12,16-25,28-29H2,1-2H3,(H2,58,67)(H,60,66,69). The first-order valence-electron chi connectivity index (χ1n) is 24.7. The van der Waals surface area contributed by atoms with E-state index in [1.165, 1.54) is 28.7 Å². The van der Waals surface area contributed by atoms with Gasteiger partial charge in [0.25, 0.3) is 0 Å². The minimum atomic E-state index is -1.12. The van der Waals surface area contributed by atoms with Crippen LogP contribution in [0.25, 0.3) is 22.0 Å². The fourth-order valence-corrected chi connectivity index (χ4v) is 12.1. The highest BCUT2D eigenvalue weighted by Gasteiger charge is 2.50. The van der Waals surface area contributed by atoms with Crippen LogP contribution in [0.1, 0.15) is 97.2 Å². The SMILES string of the molecule is CC1c2c(cc(F)c(Cl)c2-c2c(C(N)=O)ccc(OCCF)c2F)OC1(CNC1CCC(C(=O)N2CCC(N3CCC(c4ccc5c(N6CCC(=O)NC6=O)nn(C)c5c4)CC3)C2)CC1)c1ccccc1. The zero-order chi connectivity index (χ0) is 49.7. The van der Waals surface area contributed by atoms with E-state index in [-0.39, 0.29) is 64.9 Å². The Kier molecular flexibility index (Phi) is 13.5. The second-order valence-electron chi connectivity index (χ2n) is 19.7. The molecule has 5 amide bonds. The van der Waals surface area contributed by atoms with E-state index in [9.17, 15) is 23.6 Å². The fourth-order valence-electron chi connectivity index (χ4n) is 11.9. The maximum Gasteiger partial charge on any atom is 0.329 e. The summed E-state index contributed by atoms with van der Waals surface area (Å²) in [7, 11) is 1.88. The summed E-state index contributed by atoms with van der Waals surface area (Å²) in [5.74, 6) is -2.85. The van der Waals surface area contributed by atoms with Crippen LogP contribution in [0, 0.1) is 17.6 Å². The van der Waals surface area contributed by atoms with Crippen LogP contribution in [0.3, 0.4) is 0 Å². The number of nitrogens with two attached hydrogens (primary N) is 1. The average Bonchev–Trinajstić information content (AvgIpc) is 4.08. The molecule has 4 N–H and O–H groups in total. The molecule has 5 aromatic rings. The molecule has 1 saturated carbocycles. The van der Waals surface area contributed by atoms with Gasteiger partial charge in [-0.3, -0.25) is 34.2 Å². The van der Waals surface area contributed by atoms with Crippen molar-refractivity contribution in [1.82, 2.24) is 30.2 Å². The van der Waals surface area contributed by atoms with E-state index >= 15 is 8.78 Å². The summed E-state index contributed by atoms with van der Waals surface area (Å²) in [6.07, 6.45) is 6.17. The van der Waals surface area contributed by atoms with Crippen molar-refractivity contribution in [2.45, 2.75) is 87.8 Å². The number of benzene rings is 4. The van der Waals surface area contributed by atoms with Crippen molar-refractivity contribution >= 4 is 52.1 Å². The number of fused-ring (bicyclic) bond motifs is 2. The van der Waals surface area contributed by atoms with E-state index in [4.69, 9.17) is 26.8 Å². The molecular weight excluding hydrogens is 937 g/mol. The molecule has 374 valence electrons. The second-order valence-corrected chi connectivity index (χ2v) is 20.1. The quantitative estimate of drug-likeness (QED) is 0.106. The molecule has 1 aromatic heterocycles. The number of primary amides is 1. The molecule has 5 aliphatic rings. The number of hydrogen-bond acceptors (Lipinski definition) is 9. The average molecular weight is 996 g/mol. The summed E-state index contributed by atoms with van der Waals surface area (Å²) in [4.78, 5) is 57.3. The number of nitrogens with zero attached hydrogens (tertiary/aromatic N) is 5. The van der Waals surface area contributed by atoms with Gasteiger partial charge in [-0.1, -0.05) is 54.9 Å². The Balaban J connectivity index is 0.767. The summed E-state index contributed by atoms with van der Waals surface area (Å²) in [5, 5.41) is 11.2. The highest BCUT2D eigenvalue weighted by atomic mass is 35.5. The van der Waals surface area contributed by atoms with Crippen LogP contribution in [0.2, 0.25) is 5.02 Å². The number of anilines is 1. The monoisotopic (exact) mass is 994 g/mol. The number of ether oxygens (including phenoxy) is 2. The van der Waals surface area contributed by atoms with Gasteiger partial charge in [0.05, 0.1) is 16.1 Å². The van der Waals surface area contributed by atoms with Crippen molar-refractivity contribution < 1.29 is 41.8 Å². The number of hydrogen-bond donors (Lipinski definition) is 3. The van der Waals surface area contributed by atoms with Crippen LogP contribution >= 0.6 is 11.6 Å². The van der Waals surface area contributed by atoms with Crippen LogP contribution < -0.4 is 30.7 Å². The van der Waals surface area contributed by atoms with Gasteiger partial charge >= 0.3 is 6.03 Å². The molecule has 4 fully saturated rings. The Morgan fingerprint density at radius 3 is 2.44 bits per heavy atom. The van der Waals surface area contributed by atoms with Gasteiger partial charge in [0.1, 0.15) is 24.8 Å². The highest BCUT2D eigenvalue weighted by Crippen LogP contribution is 2.56. The smallest absolute Gasteiger partial charge is 0.329 e. The van der Waals surface area contributed by atoms with Crippen LogP contribution in [0.15, 0.2) is 66.7 Å². The lowest BCUT2D eigenvalue weighted by molar-refractivity contribution is -0.135. The number of nitrogens with one attached hydrogen (secondary N) is 2. The molecule has 3 saturated heterocycles. The molecule has 0 bridgehead atoms. The van der Waals surface area contributed by atoms with Crippen molar-refractivity contribution in [1.29, 1.82) is 0 Å². The zero-order valence-corrected chi connectivity index (χ0v) is 40.6. The Hall–Kier alpha value is -6.17. The number of aryl methyl sites for hydroxylation is 1. The highest BCUT2D eigenvalue weighted by molar-refractivity contribution is 6.34. The fraction of sp³-hybridized carbons (Fsp3) is 0.453. The van der Waals surface area contributed by atoms with Crippen LogP contribution in [0.4, 0.5) is 23.8 Å². The number of amides is 5. The molecule has 4 aliphatic heterocycles. The van der Waals surface area contributed by atoms with Crippen LogP contribution in [-0.2, 0) is 22.2 Å². The molecule has 3 atom stereocenters. The largest absolute Gasteiger partial charge is 0.488 e. The van der Waals surface area contributed by atoms with E-state index in [2.05, 4.69) is 37.7 Å². The van der Waals surface area contributed by atoms with Crippen molar-refractivity contribution in [3.63, 3.8) is 0 Å². The minimum absolute atomic E-state index is 0.0542. The maximum atomic E-state index is 16.4. The normalized spacial score (nSPS) is 24.0. The van der Waals surface area contributed by atoms with Crippen molar-refractivity contribution in [3.05, 3.63) is 106 Å². The third-order valence-corrected chi connectivity index (χ3v) is 16.1. The lowest BCUT2D eigenvalue weighted by atomic mass is 9.77. The number of alkyl halides is 1. The first-order chi connectivity index (χ1) is 34.3. The van der Waals surface area contributed by atoms with E-state index < -0.39 is 53.4 Å². The van der Waals surface area contributed by atoms with Gasteiger partial charge in [0.15, 0.2) is 23.0 Å². The van der Waals surface area contributed by atoms with Gasteiger partial charge in [-0.25, -0.2) is 18.0 Å². The predicted molar refractivity (Wildman–Crippen MR) is 262 cm³/mol. The van der Waals surface area contributed by atoms with Gasteiger partial charge in [0.2, 0.25) is 17.7 Å². The first kappa shape index (κ1) is 48.5. The summed E-state index contributed by atoms with van der Waals surface area (Å²) in [5.41, 5.74) is 7.31. The topological polar surface area (TPSA) is 164 Å². The van der Waals surface area contributed by atoms with Crippen LogP contribution in [0.5, 0.6) is 11.5 Å². The Bertz CT molecular complexity index is 2890. The molecule has 18 heteroatoms. The third kappa shape index (κ3) is 8.98. The van der Waals surface area contributed by atoms with E-state index in [0.29, 0.717) is 29.9 Å². The number of carbonyl (C=O) groups excluding carboxylic acids is 4. The van der Waals surface area contributed by atoms with E-state index in [1.54, 1.807) is 4.68 Å². The summed E-state index contributed by atoms with van der Waals surface area (Å²) >= 11 is 6.71. The molecule has 1 aliphatic carbocycles. The number of piperidine rings is 1. The molecule has 4 aromatic carbocycles. The Morgan fingerprint density at radius 1 is 0.958 bits per heavy atom. The lowest BCUT2D eigenvalue weighted by Gasteiger charge is -2.38.